The summed E-state index contributed by atoms with van der Waals surface area (Å²) in [7, 11) is 2.61. The van der Waals surface area contributed by atoms with Crippen molar-refractivity contribution in [3.05, 3.63) is 71.9 Å². The third-order valence-electron chi connectivity index (χ3n) is 5.71. The molecule has 0 fully saturated rings. The number of nitrogens with zero attached hydrogens (tertiary/aromatic N) is 1. The summed E-state index contributed by atoms with van der Waals surface area (Å²) in [6.45, 7) is 2.05. The van der Waals surface area contributed by atoms with Crippen LogP contribution in [0.2, 0.25) is 0 Å². The van der Waals surface area contributed by atoms with Crippen molar-refractivity contribution in [2.24, 2.45) is 0 Å². The van der Waals surface area contributed by atoms with Gasteiger partial charge in [0.2, 0.25) is 5.41 Å². The first-order valence-corrected chi connectivity index (χ1v) is 8.83. The highest BCUT2D eigenvalue weighted by Gasteiger charge is 2.62. The van der Waals surface area contributed by atoms with Crippen LogP contribution >= 0.6 is 0 Å². The van der Waals surface area contributed by atoms with Crippen molar-refractivity contribution in [1.82, 2.24) is 4.57 Å². The molecule has 0 amide bonds. The maximum Gasteiger partial charge on any atom is 0.329 e. The molecular formula is C22H21NO4. The largest absolute Gasteiger partial charge is 0.468 e. The number of ether oxygens (including phenoxy) is 2. The van der Waals surface area contributed by atoms with Crippen molar-refractivity contribution >= 4 is 22.8 Å². The van der Waals surface area contributed by atoms with Crippen molar-refractivity contribution in [3.8, 4) is 0 Å². The zero-order valence-electron chi connectivity index (χ0n) is 15.6. The van der Waals surface area contributed by atoms with Gasteiger partial charge >= 0.3 is 11.9 Å². The van der Waals surface area contributed by atoms with Gasteiger partial charge in [-0.25, -0.2) is 0 Å². The van der Waals surface area contributed by atoms with Crippen molar-refractivity contribution in [1.29, 1.82) is 0 Å². The van der Waals surface area contributed by atoms with Gasteiger partial charge in [-0.15, -0.1) is 0 Å². The van der Waals surface area contributed by atoms with E-state index in [4.69, 9.17) is 9.47 Å². The lowest BCUT2D eigenvalue weighted by Crippen LogP contribution is -2.45. The zero-order chi connectivity index (χ0) is 19.2. The average Bonchev–Trinajstić information content (AvgIpc) is 3.23. The first kappa shape index (κ1) is 17.3. The summed E-state index contributed by atoms with van der Waals surface area (Å²) in [6.07, 6.45) is 0.240. The van der Waals surface area contributed by atoms with Crippen LogP contribution in [0.4, 0.5) is 0 Å². The molecule has 0 radical (unpaired) electrons. The van der Waals surface area contributed by atoms with Gasteiger partial charge in [0.15, 0.2) is 0 Å². The highest BCUT2D eigenvalue weighted by atomic mass is 16.5. The summed E-state index contributed by atoms with van der Waals surface area (Å²) in [6, 6.07) is 19.7. The van der Waals surface area contributed by atoms with Gasteiger partial charge in [-0.3, -0.25) is 9.59 Å². The number of hydrogen-bond donors (Lipinski definition) is 0. The molecule has 138 valence electrons. The number of hydrogen-bond acceptors (Lipinski definition) is 4. The Labute approximate surface area is 157 Å². The molecule has 5 nitrogen and oxygen atoms in total. The van der Waals surface area contributed by atoms with Crippen LogP contribution < -0.4 is 0 Å². The van der Waals surface area contributed by atoms with Gasteiger partial charge < -0.3 is 14.0 Å². The van der Waals surface area contributed by atoms with E-state index in [1.54, 1.807) is 0 Å². The third-order valence-corrected chi connectivity index (χ3v) is 5.71. The first-order valence-electron chi connectivity index (χ1n) is 8.83. The van der Waals surface area contributed by atoms with Crippen LogP contribution in [0.1, 0.15) is 24.6 Å². The van der Waals surface area contributed by atoms with Crippen molar-refractivity contribution in [2.75, 3.05) is 14.2 Å². The molecule has 0 spiro atoms. The second-order valence-electron chi connectivity index (χ2n) is 7.13. The van der Waals surface area contributed by atoms with Gasteiger partial charge in [0.1, 0.15) is 0 Å². The number of para-hydroxylation sites is 1. The predicted octanol–water partition coefficient (Wildman–Crippen LogP) is 3.39. The Morgan fingerprint density at radius 3 is 2.15 bits per heavy atom. The second kappa shape index (κ2) is 5.98. The van der Waals surface area contributed by atoms with Crippen LogP contribution in [0.15, 0.2) is 60.7 Å². The summed E-state index contributed by atoms with van der Waals surface area (Å²) in [5.41, 5.74) is 0.472. The number of esters is 2. The SMILES string of the molecule is COC(=O)C1(C(=O)OC)C[C@](C)(c2ccccc2)n2c1cc1ccccc12. The maximum atomic E-state index is 13.0. The Kier molecular flexibility index (Phi) is 3.84. The fraction of sp³-hybridized carbons (Fsp3) is 0.273. The highest BCUT2D eigenvalue weighted by Crippen LogP contribution is 2.52. The van der Waals surface area contributed by atoms with Crippen LogP contribution in [0.25, 0.3) is 10.9 Å². The lowest BCUT2D eigenvalue weighted by atomic mass is 9.75. The number of carbonyl (C=O) groups is 2. The maximum absolute atomic E-state index is 13.0. The number of fused-ring (bicyclic) bond motifs is 3. The van der Waals surface area contributed by atoms with E-state index in [0.717, 1.165) is 16.5 Å². The van der Waals surface area contributed by atoms with E-state index >= 15 is 0 Å². The molecule has 1 aromatic heterocycles. The Morgan fingerprint density at radius 1 is 0.926 bits per heavy atom. The average molecular weight is 363 g/mol. The van der Waals surface area contributed by atoms with Crippen LogP contribution in [0, 0.1) is 0 Å². The summed E-state index contributed by atoms with van der Waals surface area (Å²) >= 11 is 0. The fourth-order valence-electron chi connectivity index (χ4n) is 4.50. The minimum atomic E-state index is -1.51. The molecule has 0 N–H and O–H groups in total. The Bertz CT molecular complexity index is 1020. The van der Waals surface area contributed by atoms with E-state index in [9.17, 15) is 9.59 Å². The van der Waals surface area contributed by atoms with Gasteiger partial charge in [-0.1, -0.05) is 48.5 Å². The summed E-state index contributed by atoms with van der Waals surface area (Å²) in [5, 5.41) is 0.964. The van der Waals surface area contributed by atoms with E-state index in [1.165, 1.54) is 14.2 Å². The van der Waals surface area contributed by atoms with Crippen LogP contribution in [0.5, 0.6) is 0 Å². The van der Waals surface area contributed by atoms with Crippen LogP contribution in [-0.2, 0) is 30.0 Å². The molecule has 0 unspecified atom stereocenters. The normalized spacial score (nSPS) is 20.3. The lowest BCUT2D eigenvalue weighted by molar-refractivity contribution is -0.162. The minimum absolute atomic E-state index is 0.240. The highest BCUT2D eigenvalue weighted by molar-refractivity contribution is 6.08. The van der Waals surface area contributed by atoms with E-state index < -0.39 is 22.9 Å². The summed E-state index contributed by atoms with van der Waals surface area (Å²) in [4.78, 5) is 25.9. The molecule has 1 aliphatic rings. The van der Waals surface area contributed by atoms with Gasteiger partial charge in [-0.05, 0) is 30.0 Å². The smallest absolute Gasteiger partial charge is 0.329 e. The molecule has 27 heavy (non-hydrogen) atoms. The van der Waals surface area contributed by atoms with E-state index in [1.807, 2.05) is 67.6 Å². The molecule has 5 heteroatoms. The third kappa shape index (κ3) is 2.17. The number of benzene rings is 2. The second-order valence-corrected chi connectivity index (χ2v) is 7.13. The van der Waals surface area contributed by atoms with Gasteiger partial charge in [0.25, 0.3) is 0 Å². The van der Waals surface area contributed by atoms with Gasteiger partial charge in [0.05, 0.1) is 19.8 Å². The minimum Gasteiger partial charge on any atom is -0.468 e. The molecule has 2 aromatic carbocycles. The van der Waals surface area contributed by atoms with Crippen LogP contribution in [0.3, 0.4) is 0 Å². The van der Waals surface area contributed by atoms with Gasteiger partial charge in [-0.2, -0.15) is 0 Å². The molecule has 0 bridgehead atoms. The zero-order valence-corrected chi connectivity index (χ0v) is 15.6. The Morgan fingerprint density at radius 2 is 1.52 bits per heavy atom. The molecule has 1 aliphatic heterocycles. The number of rotatable bonds is 3. The molecule has 3 aromatic rings. The fourth-order valence-corrected chi connectivity index (χ4v) is 4.50. The Hall–Kier alpha value is -3.08. The molecule has 1 atom stereocenters. The van der Waals surface area contributed by atoms with Crippen molar-refractivity contribution in [2.45, 2.75) is 24.3 Å². The molecule has 2 heterocycles. The monoisotopic (exact) mass is 363 g/mol. The van der Waals surface area contributed by atoms with E-state index in [-0.39, 0.29) is 6.42 Å². The summed E-state index contributed by atoms with van der Waals surface area (Å²) < 4.78 is 12.3. The number of carbonyl (C=O) groups excluding carboxylic acids is 2. The molecule has 4 rings (SSSR count). The summed E-state index contributed by atoms with van der Waals surface area (Å²) in [5.74, 6) is -1.20. The molecular weight excluding hydrogens is 342 g/mol. The Balaban J connectivity index is 2.11. The molecule has 0 saturated carbocycles. The quantitative estimate of drug-likeness (QED) is 0.529. The molecule has 0 saturated heterocycles. The predicted molar refractivity (Wildman–Crippen MR) is 101 cm³/mol. The van der Waals surface area contributed by atoms with E-state index in [2.05, 4.69) is 4.57 Å². The van der Waals surface area contributed by atoms with Gasteiger partial charge in [0, 0.05) is 17.6 Å². The van der Waals surface area contributed by atoms with Crippen molar-refractivity contribution in [3.63, 3.8) is 0 Å². The molecule has 0 aliphatic carbocycles. The lowest BCUT2D eigenvalue weighted by Gasteiger charge is -2.30. The van der Waals surface area contributed by atoms with E-state index in [0.29, 0.717) is 5.69 Å². The van der Waals surface area contributed by atoms with Crippen LogP contribution in [-0.4, -0.2) is 30.7 Å². The topological polar surface area (TPSA) is 57.5 Å². The first-order chi connectivity index (χ1) is 13.0. The standard InChI is InChI=1S/C22H21NO4/c1-21(16-10-5-4-6-11-16)14-22(19(24)26-2,20(25)27-3)18-13-15-9-7-8-12-17(15)23(18)21/h4-13H,14H2,1-3H3/t21-/m1/s1. The number of aromatic nitrogens is 1. The van der Waals surface area contributed by atoms with Crippen molar-refractivity contribution < 1.29 is 19.1 Å². The number of methoxy groups -OCH3 is 2.